The Morgan fingerprint density at radius 3 is 2.17 bits per heavy atom. The predicted molar refractivity (Wildman–Crippen MR) is 117 cm³/mol. The van der Waals surface area contributed by atoms with Crippen LogP contribution in [-0.2, 0) is 14.8 Å². The minimum absolute atomic E-state index is 0.0703. The molecule has 7 nitrogen and oxygen atoms in total. The van der Waals surface area contributed by atoms with Crippen LogP contribution in [0.15, 0.2) is 23.1 Å². The summed E-state index contributed by atoms with van der Waals surface area (Å²) in [4.78, 5) is 16.8. The number of hydrogen-bond donors (Lipinski definition) is 1. The molecule has 2 heterocycles. The zero-order valence-electron chi connectivity index (χ0n) is 17.7. The van der Waals surface area contributed by atoms with Gasteiger partial charge in [0.1, 0.15) is 0 Å². The van der Waals surface area contributed by atoms with Crippen molar-refractivity contribution >= 4 is 27.3 Å². The topological polar surface area (TPSA) is 73.0 Å². The average Bonchev–Trinajstić information content (AvgIpc) is 3.02. The fourth-order valence-corrected chi connectivity index (χ4v) is 5.61. The molecule has 29 heavy (non-hydrogen) atoms. The zero-order valence-corrected chi connectivity index (χ0v) is 18.5. The van der Waals surface area contributed by atoms with Crippen LogP contribution in [0, 0.1) is 0 Å². The van der Waals surface area contributed by atoms with E-state index in [1.807, 2.05) is 30.0 Å². The summed E-state index contributed by atoms with van der Waals surface area (Å²) >= 11 is 0. The van der Waals surface area contributed by atoms with Crippen LogP contribution in [0.2, 0.25) is 0 Å². The van der Waals surface area contributed by atoms with E-state index in [2.05, 4.69) is 5.32 Å². The Morgan fingerprint density at radius 2 is 1.55 bits per heavy atom. The van der Waals surface area contributed by atoms with E-state index in [1.165, 1.54) is 12.8 Å². The van der Waals surface area contributed by atoms with Crippen LogP contribution >= 0.6 is 0 Å². The summed E-state index contributed by atoms with van der Waals surface area (Å²) in [5.41, 5.74) is 1.54. The van der Waals surface area contributed by atoms with Crippen LogP contribution in [0.4, 0.5) is 11.4 Å². The molecular formula is C21H34N4O3S. The number of anilines is 2. The Labute approximate surface area is 175 Å². The largest absolute Gasteiger partial charge is 0.376 e. The molecule has 2 aliphatic rings. The second kappa shape index (κ2) is 9.80. The number of rotatable bonds is 6. The van der Waals surface area contributed by atoms with Gasteiger partial charge >= 0.3 is 0 Å². The molecule has 0 atom stereocenters. The van der Waals surface area contributed by atoms with Crippen molar-refractivity contribution < 1.29 is 13.2 Å². The van der Waals surface area contributed by atoms with Gasteiger partial charge in [-0.1, -0.05) is 19.3 Å². The molecule has 2 fully saturated rings. The first-order chi connectivity index (χ1) is 13.9. The summed E-state index contributed by atoms with van der Waals surface area (Å²) in [6, 6.07) is 5.16. The molecule has 1 aromatic rings. The molecule has 0 spiro atoms. The van der Waals surface area contributed by atoms with E-state index in [4.69, 9.17) is 0 Å². The maximum absolute atomic E-state index is 13.1. The lowest BCUT2D eigenvalue weighted by Gasteiger charge is -2.27. The fourth-order valence-electron chi connectivity index (χ4n) is 4.06. The summed E-state index contributed by atoms with van der Waals surface area (Å²) < 4.78 is 27.7. The van der Waals surface area contributed by atoms with E-state index in [-0.39, 0.29) is 17.3 Å². The molecule has 1 N–H and O–H groups in total. The second-order valence-corrected chi connectivity index (χ2v) is 10.1. The Balaban J connectivity index is 1.77. The lowest BCUT2D eigenvalue weighted by molar-refractivity contribution is -0.129. The van der Waals surface area contributed by atoms with Gasteiger partial charge in [0.25, 0.3) is 0 Å². The normalized spacial score (nSPS) is 18.9. The van der Waals surface area contributed by atoms with Gasteiger partial charge in [0.15, 0.2) is 0 Å². The number of nitrogens with zero attached hydrogens (tertiary/aromatic N) is 3. The van der Waals surface area contributed by atoms with Gasteiger partial charge in [-0.05, 0) is 43.9 Å². The number of nitrogens with one attached hydrogen (secondary N) is 1. The van der Waals surface area contributed by atoms with Crippen molar-refractivity contribution in [1.29, 1.82) is 0 Å². The smallest absolute Gasteiger partial charge is 0.243 e. The molecule has 3 rings (SSSR count). The number of benzene rings is 1. The van der Waals surface area contributed by atoms with Gasteiger partial charge in [-0.2, -0.15) is 4.31 Å². The van der Waals surface area contributed by atoms with E-state index in [1.54, 1.807) is 16.4 Å². The molecule has 0 bridgehead atoms. The third kappa shape index (κ3) is 5.42. The first kappa shape index (κ1) is 21.9. The Morgan fingerprint density at radius 1 is 0.966 bits per heavy atom. The first-order valence-corrected chi connectivity index (χ1v) is 12.2. The summed E-state index contributed by atoms with van der Waals surface area (Å²) in [6.07, 6.45) is 7.36. The van der Waals surface area contributed by atoms with E-state index in [0.717, 1.165) is 50.9 Å². The molecule has 1 aromatic carbocycles. The highest BCUT2D eigenvalue weighted by molar-refractivity contribution is 7.89. The third-order valence-electron chi connectivity index (χ3n) is 5.79. The number of hydrogen-bond acceptors (Lipinski definition) is 5. The van der Waals surface area contributed by atoms with Gasteiger partial charge in [-0.3, -0.25) is 4.79 Å². The quantitative estimate of drug-likeness (QED) is 0.763. The van der Waals surface area contributed by atoms with Gasteiger partial charge in [0.05, 0.1) is 22.8 Å². The lowest BCUT2D eigenvalue weighted by atomic mass is 10.2. The standard InChI is InChI=1S/C21H34N4O3S/c1-23(2)20-11-10-18(29(27,28)25-14-8-5-9-15-25)16-19(20)22-17-21(26)24-12-6-3-4-7-13-24/h10-11,16,22H,3-9,12-15,17H2,1-2H3. The van der Waals surface area contributed by atoms with Gasteiger partial charge < -0.3 is 15.1 Å². The van der Waals surface area contributed by atoms with E-state index in [9.17, 15) is 13.2 Å². The number of carbonyl (C=O) groups is 1. The average molecular weight is 423 g/mol. The van der Waals surface area contributed by atoms with Crippen LogP contribution < -0.4 is 10.2 Å². The van der Waals surface area contributed by atoms with Crippen molar-refractivity contribution in [2.45, 2.75) is 49.8 Å². The van der Waals surface area contributed by atoms with Crippen LogP contribution in [0.5, 0.6) is 0 Å². The molecular weight excluding hydrogens is 388 g/mol. The van der Waals surface area contributed by atoms with E-state index in [0.29, 0.717) is 18.8 Å². The zero-order chi connectivity index (χ0) is 20.9. The Hall–Kier alpha value is -1.80. The Bertz CT molecular complexity index is 796. The highest BCUT2D eigenvalue weighted by Gasteiger charge is 2.27. The molecule has 162 valence electrons. The van der Waals surface area contributed by atoms with Gasteiger partial charge in [0, 0.05) is 40.3 Å². The minimum Gasteiger partial charge on any atom is -0.376 e. The molecule has 2 saturated heterocycles. The number of carbonyl (C=O) groups excluding carboxylic acids is 1. The van der Waals surface area contributed by atoms with E-state index >= 15 is 0 Å². The second-order valence-electron chi connectivity index (χ2n) is 8.19. The van der Waals surface area contributed by atoms with Crippen molar-refractivity contribution in [3.63, 3.8) is 0 Å². The third-order valence-corrected chi connectivity index (χ3v) is 7.69. The fraction of sp³-hybridized carbons (Fsp3) is 0.667. The maximum Gasteiger partial charge on any atom is 0.243 e. The molecule has 0 aromatic heterocycles. The van der Waals surface area contributed by atoms with Crippen LogP contribution in [0.3, 0.4) is 0 Å². The van der Waals surface area contributed by atoms with E-state index < -0.39 is 10.0 Å². The maximum atomic E-state index is 13.1. The molecule has 0 radical (unpaired) electrons. The van der Waals surface area contributed by atoms with Crippen LogP contribution in [0.1, 0.15) is 44.9 Å². The van der Waals surface area contributed by atoms with Crippen molar-refractivity contribution in [2.75, 3.05) is 57.0 Å². The predicted octanol–water partition coefficient (Wildman–Crippen LogP) is 2.74. The minimum atomic E-state index is -3.51. The van der Waals surface area contributed by atoms with Crippen molar-refractivity contribution in [1.82, 2.24) is 9.21 Å². The molecule has 1 amide bonds. The van der Waals surface area contributed by atoms with Crippen molar-refractivity contribution in [2.24, 2.45) is 0 Å². The van der Waals surface area contributed by atoms with Crippen molar-refractivity contribution in [3.8, 4) is 0 Å². The summed E-state index contributed by atoms with van der Waals surface area (Å²) in [7, 11) is 0.314. The number of amides is 1. The Kier molecular flexibility index (Phi) is 7.40. The van der Waals surface area contributed by atoms with Gasteiger partial charge in [-0.25, -0.2) is 8.42 Å². The van der Waals surface area contributed by atoms with Crippen LogP contribution in [-0.4, -0.2) is 70.3 Å². The molecule has 0 saturated carbocycles. The number of sulfonamides is 1. The van der Waals surface area contributed by atoms with Gasteiger partial charge in [0.2, 0.25) is 15.9 Å². The summed E-state index contributed by atoms with van der Waals surface area (Å²) in [5, 5.41) is 3.21. The summed E-state index contributed by atoms with van der Waals surface area (Å²) in [6.45, 7) is 2.95. The van der Waals surface area contributed by atoms with Crippen molar-refractivity contribution in [3.05, 3.63) is 18.2 Å². The molecule has 0 unspecified atom stereocenters. The molecule has 2 aliphatic heterocycles. The first-order valence-electron chi connectivity index (χ1n) is 10.7. The summed E-state index contributed by atoms with van der Waals surface area (Å²) in [5.74, 6) is 0.0703. The number of likely N-dealkylation sites (tertiary alicyclic amines) is 1. The highest BCUT2D eigenvalue weighted by atomic mass is 32.2. The molecule has 8 heteroatoms. The van der Waals surface area contributed by atoms with Gasteiger partial charge in [-0.15, -0.1) is 0 Å². The highest BCUT2D eigenvalue weighted by Crippen LogP contribution is 2.30. The monoisotopic (exact) mass is 422 g/mol. The van der Waals surface area contributed by atoms with Crippen LogP contribution in [0.25, 0.3) is 0 Å². The lowest BCUT2D eigenvalue weighted by Crippen LogP contribution is -2.36. The SMILES string of the molecule is CN(C)c1ccc(S(=O)(=O)N2CCCCC2)cc1NCC(=O)N1CCCCCC1. The number of piperidine rings is 1. The molecule has 0 aliphatic carbocycles.